The average Bonchev–Trinajstić information content (AvgIpc) is 3.18. The zero-order valence-electron chi connectivity index (χ0n) is 12.6. The zero-order valence-corrected chi connectivity index (χ0v) is 13.4. The number of rotatable bonds is 5. The smallest absolute Gasteiger partial charge is 0.231 e. The average molecular weight is 332 g/mol. The summed E-state index contributed by atoms with van der Waals surface area (Å²) in [5, 5.41) is 10.6. The van der Waals surface area contributed by atoms with Crippen LogP contribution in [0.5, 0.6) is 5.75 Å². The van der Waals surface area contributed by atoms with E-state index in [4.69, 9.17) is 4.74 Å². The molecule has 1 aromatic carbocycles. The largest absolute Gasteiger partial charge is 0.494 e. The van der Waals surface area contributed by atoms with Gasteiger partial charge in [0.05, 0.1) is 12.5 Å². The molecular weight excluding hydrogens is 316 g/mol. The lowest BCUT2D eigenvalue weighted by molar-refractivity contribution is -0.122. The van der Waals surface area contributed by atoms with Gasteiger partial charge in [-0.2, -0.15) is 0 Å². The Hall–Kier alpha value is -2.48. The van der Waals surface area contributed by atoms with Crippen LogP contribution >= 0.6 is 11.3 Å². The summed E-state index contributed by atoms with van der Waals surface area (Å²) in [5.41, 5.74) is 2.31. The molecule has 0 bridgehead atoms. The number of nitrogens with one attached hydrogen (secondary N) is 1. The lowest BCUT2D eigenvalue weighted by Crippen LogP contribution is -2.28. The number of anilines is 2. The van der Waals surface area contributed by atoms with Crippen LogP contribution in [0.3, 0.4) is 0 Å². The normalized spacial score (nSPS) is 17.3. The molecule has 0 spiro atoms. The van der Waals surface area contributed by atoms with E-state index in [-0.39, 0.29) is 18.2 Å². The SMILES string of the molecule is CCOc1ccc(N2C[C@H](C(=O)Nc3nncs3)CC2=O)cc1. The van der Waals surface area contributed by atoms with Crippen LogP contribution in [0.25, 0.3) is 0 Å². The monoisotopic (exact) mass is 332 g/mol. The fourth-order valence-corrected chi connectivity index (χ4v) is 2.90. The van der Waals surface area contributed by atoms with Crippen molar-refractivity contribution in [2.24, 2.45) is 5.92 Å². The van der Waals surface area contributed by atoms with Crippen molar-refractivity contribution in [3.8, 4) is 5.75 Å². The summed E-state index contributed by atoms with van der Waals surface area (Å²) in [6.45, 7) is 2.87. The van der Waals surface area contributed by atoms with Gasteiger partial charge in [0, 0.05) is 18.7 Å². The van der Waals surface area contributed by atoms with Gasteiger partial charge in [0.2, 0.25) is 16.9 Å². The molecule has 2 heterocycles. The third-order valence-corrected chi connectivity index (χ3v) is 4.15. The van der Waals surface area contributed by atoms with Gasteiger partial charge in [0.15, 0.2) is 0 Å². The van der Waals surface area contributed by atoms with E-state index >= 15 is 0 Å². The number of amides is 2. The number of nitrogens with zero attached hydrogens (tertiary/aromatic N) is 3. The summed E-state index contributed by atoms with van der Waals surface area (Å²) in [6, 6.07) is 7.29. The van der Waals surface area contributed by atoms with Crippen LogP contribution in [0.2, 0.25) is 0 Å². The van der Waals surface area contributed by atoms with Crippen LogP contribution in [-0.4, -0.2) is 35.2 Å². The topological polar surface area (TPSA) is 84.4 Å². The second kappa shape index (κ2) is 6.74. The highest BCUT2D eigenvalue weighted by molar-refractivity contribution is 7.13. The van der Waals surface area contributed by atoms with Gasteiger partial charge in [-0.1, -0.05) is 11.3 Å². The summed E-state index contributed by atoms with van der Waals surface area (Å²) < 4.78 is 5.39. The van der Waals surface area contributed by atoms with Crippen molar-refractivity contribution in [2.45, 2.75) is 13.3 Å². The Morgan fingerprint density at radius 2 is 2.22 bits per heavy atom. The van der Waals surface area contributed by atoms with Crippen molar-refractivity contribution in [2.75, 3.05) is 23.4 Å². The molecule has 1 saturated heterocycles. The van der Waals surface area contributed by atoms with E-state index in [2.05, 4.69) is 15.5 Å². The number of ether oxygens (including phenoxy) is 1. The minimum atomic E-state index is -0.391. The van der Waals surface area contributed by atoms with Crippen LogP contribution in [0, 0.1) is 5.92 Å². The van der Waals surface area contributed by atoms with Crippen LogP contribution in [0.15, 0.2) is 29.8 Å². The molecule has 2 aromatic rings. The van der Waals surface area contributed by atoms with Crippen molar-refractivity contribution < 1.29 is 14.3 Å². The first-order valence-electron chi connectivity index (χ1n) is 7.27. The van der Waals surface area contributed by atoms with Gasteiger partial charge >= 0.3 is 0 Å². The van der Waals surface area contributed by atoms with Gasteiger partial charge in [-0.3, -0.25) is 9.59 Å². The molecule has 23 heavy (non-hydrogen) atoms. The highest BCUT2D eigenvalue weighted by atomic mass is 32.1. The summed E-state index contributed by atoms with van der Waals surface area (Å²) in [7, 11) is 0. The first-order chi connectivity index (χ1) is 11.2. The van der Waals surface area contributed by atoms with Gasteiger partial charge in [-0.05, 0) is 31.2 Å². The van der Waals surface area contributed by atoms with Crippen molar-refractivity contribution in [1.29, 1.82) is 0 Å². The molecule has 8 heteroatoms. The molecule has 1 atom stereocenters. The van der Waals surface area contributed by atoms with E-state index in [1.165, 1.54) is 11.3 Å². The first kappa shape index (κ1) is 15.4. The predicted octanol–water partition coefficient (Wildman–Crippen LogP) is 1.93. The number of hydrogen-bond donors (Lipinski definition) is 1. The lowest BCUT2D eigenvalue weighted by atomic mass is 10.1. The third kappa shape index (κ3) is 3.48. The minimum absolute atomic E-state index is 0.0634. The Balaban J connectivity index is 1.66. The summed E-state index contributed by atoms with van der Waals surface area (Å²) in [5.74, 6) is 0.0986. The van der Waals surface area contributed by atoms with Crippen molar-refractivity contribution in [3.05, 3.63) is 29.8 Å². The van der Waals surface area contributed by atoms with E-state index in [0.717, 1.165) is 11.4 Å². The summed E-state index contributed by atoms with van der Waals surface area (Å²) >= 11 is 1.25. The molecule has 3 rings (SSSR count). The summed E-state index contributed by atoms with van der Waals surface area (Å²) in [4.78, 5) is 26.0. The fraction of sp³-hybridized carbons (Fsp3) is 0.333. The lowest BCUT2D eigenvalue weighted by Gasteiger charge is -2.17. The molecule has 1 aliphatic heterocycles. The van der Waals surface area contributed by atoms with Gasteiger partial charge in [-0.25, -0.2) is 0 Å². The number of carbonyl (C=O) groups is 2. The van der Waals surface area contributed by atoms with Crippen LogP contribution in [-0.2, 0) is 9.59 Å². The third-order valence-electron chi connectivity index (χ3n) is 3.55. The van der Waals surface area contributed by atoms with E-state index < -0.39 is 5.92 Å². The first-order valence-corrected chi connectivity index (χ1v) is 8.15. The fourth-order valence-electron chi connectivity index (χ4n) is 2.46. The van der Waals surface area contributed by atoms with Gasteiger partial charge in [0.1, 0.15) is 11.3 Å². The molecule has 0 unspecified atom stereocenters. The second-order valence-corrected chi connectivity index (χ2v) is 5.90. The number of benzene rings is 1. The van der Waals surface area contributed by atoms with Gasteiger partial charge in [-0.15, -0.1) is 10.2 Å². The maximum absolute atomic E-state index is 12.2. The molecule has 0 saturated carbocycles. The molecule has 2 amide bonds. The second-order valence-electron chi connectivity index (χ2n) is 5.07. The Bertz CT molecular complexity index is 687. The predicted molar refractivity (Wildman–Crippen MR) is 86.6 cm³/mol. The van der Waals surface area contributed by atoms with Crippen LogP contribution < -0.4 is 15.0 Å². The highest BCUT2D eigenvalue weighted by Crippen LogP contribution is 2.27. The van der Waals surface area contributed by atoms with E-state index in [0.29, 0.717) is 18.3 Å². The van der Waals surface area contributed by atoms with Crippen molar-refractivity contribution >= 4 is 34.0 Å². The van der Waals surface area contributed by atoms with Crippen molar-refractivity contribution in [3.63, 3.8) is 0 Å². The van der Waals surface area contributed by atoms with Gasteiger partial charge in [0.25, 0.3) is 0 Å². The van der Waals surface area contributed by atoms with Gasteiger partial charge < -0.3 is 15.0 Å². The zero-order chi connectivity index (χ0) is 16.2. The highest BCUT2D eigenvalue weighted by Gasteiger charge is 2.35. The minimum Gasteiger partial charge on any atom is -0.494 e. The Labute approximate surface area is 137 Å². The maximum Gasteiger partial charge on any atom is 0.231 e. The van der Waals surface area contributed by atoms with E-state index in [9.17, 15) is 9.59 Å². The molecule has 0 aliphatic carbocycles. The summed E-state index contributed by atoms with van der Waals surface area (Å²) in [6.07, 6.45) is 0.192. The number of carbonyl (C=O) groups excluding carboxylic acids is 2. The quantitative estimate of drug-likeness (QED) is 0.904. The molecule has 1 aromatic heterocycles. The van der Waals surface area contributed by atoms with E-state index in [1.54, 1.807) is 10.4 Å². The molecular formula is C15H16N4O3S. The van der Waals surface area contributed by atoms with Crippen molar-refractivity contribution in [1.82, 2.24) is 10.2 Å². The Morgan fingerprint density at radius 3 is 2.87 bits per heavy atom. The number of aromatic nitrogens is 2. The Kier molecular flexibility index (Phi) is 4.52. The molecule has 120 valence electrons. The van der Waals surface area contributed by atoms with E-state index in [1.807, 2.05) is 31.2 Å². The standard InChI is InChI=1S/C15H16N4O3S/c1-2-22-12-5-3-11(4-6-12)19-8-10(7-13(19)20)14(21)17-15-18-16-9-23-15/h3-6,9-10H,2,7-8H2,1H3,(H,17,18,21)/t10-/m1/s1. The maximum atomic E-state index is 12.2. The van der Waals surface area contributed by atoms with Crippen LogP contribution in [0.4, 0.5) is 10.8 Å². The van der Waals surface area contributed by atoms with Crippen LogP contribution in [0.1, 0.15) is 13.3 Å². The Morgan fingerprint density at radius 1 is 1.43 bits per heavy atom. The number of hydrogen-bond acceptors (Lipinski definition) is 6. The molecule has 1 N–H and O–H groups in total. The molecule has 1 fully saturated rings. The molecule has 7 nitrogen and oxygen atoms in total. The molecule has 0 radical (unpaired) electrons. The molecule has 1 aliphatic rings.